The third-order valence-corrected chi connectivity index (χ3v) is 3.20. The van der Waals surface area contributed by atoms with Crippen LogP contribution in [0.15, 0.2) is 36.7 Å². The molecule has 0 atom stereocenters. The molecule has 88 valence electrons. The highest BCUT2D eigenvalue weighted by atomic mass is 15.0. The summed E-state index contributed by atoms with van der Waals surface area (Å²) in [5, 5.41) is 3.37. The van der Waals surface area contributed by atoms with Crippen molar-refractivity contribution in [1.29, 1.82) is 0 Å². The zero-order valence-corrected chi connectivity index (χ0v) is 9.82. The summed E-state index contributed by atoms with van der Waals surface area (Å²) in [7, 11) is 0. The minimum Gasteiger partial charge on any atom is -0.348 e. The van der Waals surface area contributed by atoms with Crippen LogP contribution in [0.5, 0.6) is 0 Å². The molecule has 1 aromatic heterocycles. The number of benzene rings is 1. The summed E-state index contributed by atoms with van der Waals surface area (Å²) in [4.78, 5) is 7.26. The van der Waals surface area contributed by atoms with Gasteiger partial charge in [0.15, 0.2) is 0 Å². The maximum atomic E-state index is 4.17. The van der Waals surface area contributed by atoms with Gasteiger partial charge in [-0.15, -0.1) is 0 Å². The molecule has 2 N–H and O–H groups in total. The largest absolute Gasteiger partial charge is 0.348 e. The number of aromatic amines is 1. The van der Waals surface area contributed by atoms with Crippen LogP contribution in [0.25, 0.3) is 0 Å². The molecule has 1 aromatic carbocycles. The molecule has 1 saturated carbocycles. The first kappa shape index (κ1) is 10.5. The Morgan fingerprint density at radius 1 is 1.18 bits per heavy atom. The Kier molecular flexibility index (Phi) is 2.92. The molecule has 1 fully saturated rings. The van der Waals surface area contributed by atoms with Crippen LogP contribution < -0.4 is 5.32 Å². The van der Waals surface area contributed by atoms with Gasteiger partial charge in [0.1, 0.15) is 5.82 Å². The molecule has 0 spiro atoms. The van der Waals surface area contributed by atoms with Gasteiger partial charge in [-0.1, -0.05) is 24.3 Å². The lowest BCUT2D eigenvalue weighted by Gasteiger charge is -2.04. The lowest BCUT2D eigenvalue weighted by atomic mass is 10.1. The van der Waals surface area contributed by atoms with Gasteiger partial charge in [-0.3, -0.25) is 0 Å². The van der Waals surface area contributed by atoms with E-state index in [2.05, 4.69) is 39.6 Å². The van der Waals surface area contributed by atoms with Crippen molar-refractivity contribution in [2.24, 2.45) is 0 Å². The van der Waals surface area contributed by atoms with Crippen molar-refractivity contribution in [3.63, 3.8) is 0 Å². The number of nitrogens with one attached hydrogen (secondary N) is 2. The lowest BCUT2D eigenvalue weighted by Crippen LogP contribution is -2.13. The van der Waals surface area contributed by atoms with Crippen molar-refractivity contribution >= 4 is 0 Å². The van der Waals surface area contributed by atoms with E-state index in [0.29, 0.717) is 0 Å². The summed E-state index contributed by atoms with van der Waals surface area (Å²) in [5.74, 6) is 1.83. The third-order valence-electron chi connectivity index (χ3n) is 3.20. The molecule has 1 heterocycles. The summed E-state index contributed by atoms with van der Waals surface area (Å²) in [6, 6.07) is 8.98. The number of hydrogen-bond donors (Lipinski definition) is 2. The zero-order valence-electron chi connectivity index (χ0n) is 9.82. The van der Waals surface area contributed by atoms with Crippen LogP contribution in [0.2, 0.25) is 0 Å². The standard InChI is InChI=1S/C14H17N3/c1-3-12(13-5-6-13)4-2-11(1)9-15-10-14-16-7-8-17-14/h1-4,7-8,13,15H,5-6,9-10H2,(H,16,17). The topological polar surface area (TPSA) is 40.7 Å². The van der Waals surface area contributed by atoms with Gasteiger partial charge in [-0.05, 0) is 29.9 Å². The number of aromatic nitrogens is 2. The first-order valence-corrected chi connectivity index (χ1v) is 6.19. The molecule has 0 saturated heterocycles. The molecule has 0 amide bonds. The van der Waals surface area contributed by atoms with Crippen LogP contribution in [0.1, 0.15) is 35.7 Å². The molecule has 17 heavy (non-hydrogen) atoms. The van der Waals surface area contributed by atoms with Crippen LogP contribution >= 0.6 is 0 Å². The van der Waals surface area contributed by atoms with Crippen molar-refractivity contribution in [1.82, 2.24) is 15.3 Å². The van der Waals surface area contributed by atoms with Crippen LogP contribution in [-0.2, 0) is 13.1 Å². The molecule has 3 heteroatoms. The van der Waals surface area contributed by atoms with E-state index in [1.54, 1.807) is 6.20 Å². The predicted octanol–water partition coefficient (Wildman–Crippen LogP) is 2.58. The Morgan fingerprint density at radius 2 is 2.00 bits per heavy atom. The third kappa shape index (κ3) is 2.74. The van der Waals surface area contributed by atoms with Gasteiger partial charge in [0.25, 0.3) is 0 Å². The molecule has 1 aliphatic rings. The van der Waals surface area contributed by atoms with E-state index in [0.717, 1.165) is 24.8 Å². The van der Waals surface area contributed by atoms with E-state index in [4.69, 9.17) is 0 Å². The van der Waals surface area contributed by atoms with Crippen LogP contribution in [0, 0.1) is 0 Å². The fourth-order valence-corrected chi connectivity index (χ4v) is 2.04. The Morgan fingerprint density at radius 3 is 2.65 bits per heavy atom. The highest BCUT2D eigenvalue weighted by molar-refractivity contribution is 5.27. The fraction of sp³-hybridized carbons (Fsp3) is 0.357. The van der Waals surface area contributed by atoms with Crippen LogP contribution in [-0.4, -0.2) is 9.97 Å². The van der Waals surface area contributed by atoms with E-state index in [9.17, 15) is 0 Å². The Hall–Kier alpha value is -1.61. The molecule has 2 aromatic rings. The van der Waals surface area contributed by atoms with E-state index >= 15 is 0 Å². The number of H-pyrrole nitrogens is 1. The lowest BCUT2D eigenvalue weighted by molar-refractivity contribution is 0.668. The Bertz CT molecular complexity index is 455. The quantitative estimate of drug-likeness (QED) is 0.824. The summed E-state index contributed by atoms with van der Waals surface area (Å²) < 4.78 is 0. The summed E-state index contributed by atoms with van der Waals surface area (Å²) in [6.07, 6.45) is 6.37. The number of rotatable bonds is 5. The normalized spacial score (nSPS) is 15.1. The maximum absolute atomic E-state index is 4.17. The van der Waals surface area contributed by atoms with Crippen molar-refractivity contribution < 1.29 is 0 Å². The SMILES string of the molecule is c1c[nH]c(CNCc2ccc(C3CC3)cc2)n1. The number of imidazole rings is 1. The van der Waals surface area contributed by atoms with Gasteiger partial charge in [0, 0.05) is 18.9 Å². The van der Waals surface area contributed by atoms with Crippen molar-refractivity contribution in [2.75, 3.05) is 0 Å². The van der Waals surface area contributed by atoms with E-state index in [1.807, 2.05) is 6.20 Å². The molecule has 0 aliphatic heterocycles. The molecule has 3 rings (SSSR count). The molecular formula is C14H17N3. The highest BCUT2D eigenvalue weighted by Crippen LogP contribution is 2.39. The smallest absolute Gasteiger partial charge is 0.120 e. The number of nitrogens with zero attached hydrogens (tertiary/aromatic N) is 1. The van der Waals surface area contributed by atoms with Gasteiger partial charge >= 0.3 is 0 Å². The Labute approximate surface area is 101 Å². The monoisotopic (exact) mass is 227 g/mol. The van der Waals surface area contributed by atoms with Crippen molar-refractivity contribution in [3.8, 4) is 0 Å². The molecule has 1 aliphatic carbocycles. The first-order valence-electron chi connectivity index (χ1n) is 6.19. The second kappa shape index (κ2) is 4.72. The first-order chi connectivity index (χ1) is 8.42. The fourth-order valence-electron chi connectivity index (χ4n) is 2.04. The minimum absolute atomic E-state index is 0.789. The van der Waals surface area contributed by atoms with Gasteiger partial charge in [-0.25, -0.2) is 4.98 Å². The molecule has 3 nitrogen and oxygen atoms in total. The summed E-state index contributed by atoms with van der Waals surface area (Å²) >= 11 is 0. The zero-order chi connectivity index (χ0) is 11.5. The average molecular weight is 227 g/mol. The second-order valence-corrected chi connectivity index (χ2v) is 4.66. The van der Waals surface area contributed by atoms with Crippen molar-refractivity contribution in [2.45, 2.75) is 31.8 Å². The predicted molar refractivity (Wildman–Crippen MR) is 67.5 cm³/mol. The van der Waals surface area contributed by atoms with Crippen LogP contribution in [0.4, 0.5) is 0 Å². The van der Waals surface area contributed by atoms with Gasteiger partial charge in [0.2, 0.25) is 0 Å². The van der Waals surface area contributed by atoms with Crippen LogP contribution in [0.3, 0.4) is 0 Å². The molecule has 0 unspecified atom stereocenters. The number of hydrogen-bond acceptors (Lipinski definition) is 2. The average Bonchev–Trinajstić information content (AvgIpc) is 3.08. The van der Waals surface area contributed by atoms with Gasteiger partial charge in [-0.2, -0.15) is 0 Å². The summed E-state index contributed by atoms with van der Waals surface area (Å²) in [6.45, 7) is 1.68. The maximum Gasteiger partial charge on any atom is 0.120 e. The van der Waals surface area contributed by atoms with E-state index < -0.39 is 0 Å². The van der Waals surface area contributed by atoms with E-state index in [1.165, 1.54) is 24.0 Å². The minimum atomic E-state index is 0.789. The second-order valence-electron chi connectivity index (χ2n) is 4.66. The molecule has 0 radical (unpaired) electrons. The van der Waals surface area contributed by atoms with Crippen molar-refractivity contribution in [3.05, 3.63) is 53.6 Å². The van der Waals surface area contributed by atoms with E-state index in [-0.39, 0.29) is 0 Å². The van der Waals surface area contributed by atoms with Gasteiger partial charge < -0.3 is 10.3 Å². The summed E-state index contributed by atoms with van der Waals surface area (Å²) in [5.41, 5.74) is 2.83. The molecular weight excluding hydrogens is 210 g/mol. The van der Waals surface area contributed by atoms with Gasteiger partial charge in [0.05, 0.1) is 6.54 Å². The highest BCUT2D eigenvalue weighted by Gasteiger charge is 2.22. The Balaban J connectivity index is 1.51. The molecule has 0 bridgehead atoms.